The molecule has 0 aromatic carbocycles. The molecule has 0 aliphatic rings. The molecule has 4 nitrogen and oxygen atoms in total. The summed E-state index contributed by atoms with van der Waals surface area (Å²) in [7, 11) is 0. The van der Waals surface area contributed by atoms with Gasteiger partial charge in [0.1, 0.15) is 0 Å². The van der Waals surface area contributed by atoms with Crippen LogP contribution in [0.2, 0.25) is 0 Å². The Labute approximate surface area is 73.1 Å². The van der Waals surface area contributed by atoms with Crippen LogP contribution in [0.4, 0.5) is 0 Å². The lowest BCUT2D eigenvalue weighted by molar-refractivity contribution is -0.115. The molecule has 1 heterocycles. The monoisotopic (exact) mass is 179 g/mol. The van der Waals surface area contributed by atoms with Gasteiger partial charge in [0.05, 0.1) is 6.21 Å². The second kappa shape index (κ2) is 4.26. The number of hydrogen-bond donors (Lipinski definition) is 1. The van der Waals surface area contributed by atoms with Crippen LogP contribution in [0, 0.1) is 11.3 Å². The topological polar surface area (TPSA) is 65.2 Å². The Hall–Kier alpha value is -1.67. The molecule has 0 saturated heterocycles. The third-order valence-electron chi connectivity index (χ3n) is 1.00. The van der Waals surface area contributed by atoms with E-state index in [2.05, 4.69) is 5.10 Å². The summed E-state index contributed by atoms with van der Waals surface area (Å²) in [5.74, 6) is -0.761. The smallest absolute Gasteiger partial charge is 0.255 e. The molecule has 0 radical (unpaired) electrons. The molecule has 0 aliphatic heterocycles. The molecule has 1 N–H and O–H groups in total. The number of carbonyl (C=O) groups excluding carboxylic acids is 1. The van der Waals surface area contributed by atoms with Crippen molar-refractivity contribution in [3.05, 3.63) is 22.4 Å². The first-order chi connectivity index (χ1) is 5.83. The van der Waals surface area contributed by atoms with Crippen molar-refractivity contribution in [2.75, 3.05) is 0 Å². The van der Waals surface area contributed by atoms with Gasteiger partial charge in [-0.3, -0.25) is 4.79 Å². The van der Waals surface area contributed by atoms with E-state index in [0.29, 0.717) is 0 Å². The molecular weight excluding hydrogens is 174 g/mol. The molecule has 0 spiro atoms. The molecule has 0 saturated carbocycles. The summed E-state index contributed by atoms with van der Waals surface area (Å²) in [6.45, 7) is 0. The zero-order valence-corrected chi connectivity index (χ0v) is 6.84. The van der Waals surface area contributed by atoms with Gasteiger partial charge in [0.25, 0.3) is 0 Å². The Morgan fingerprint density at radius 3 is 3.25 bits per heavy atom. The number of thiophene rings is 1. The van der Waals surface area contributed by atoms with Crippen LogP contribution in [0.25, 0.3) is 0 Å². The fourth-order valence-corrected chi connectivity index (χ4v) is 1.13. The fraction of sp³-hybridized carbons (Fsp3) is 0. The Morgan fingerprint density at radius 1 is 1.83 bits per heavy atom. The van der Waals surface area contributed by atoms with Gasteiger partial charge in [-0.15, -0.1) is 11.3 Å². The molecule has 0 aliphatic carbocycles. The van der Waals surface area contributed by atoms with Gasteiger partial charge < -0.3 is 0 Å². The largest absolute Gasteiger partial charge is 0.342 e. The third kappa shape index (κ3) is 2.52. The maximum atomic E-state index is 10.4. The summed E-state index contributed by atoms with van der Waals surface area (Å²) >= 11 is 1.50. The Bertz CT molecular complexity index is 323. The molecule has 1 aromatic heterocycles. The molecule has 1 aromatic rings. The van der Waals surface area contributed by atoms with Crippen LogP contribution in [0.1, 0.15) is 4.88 Å². The van der Waals surface area contributed by atoms with E-state index in [1.54, 1.807) is 0 Å². The number of rotatable bonds is 2. The van der Waals surface area contributed by atoms with Gasteiger partial charge in [-0.25, -0.2) is 5.43 Å². The molecule has 60 valence electrons. The fourth-order valence-electron chi connectivity index (χ4n) is 0.544. The summed E-state index contributed by atoms with van der Waals surface area (Å²) in [6, 6.07) is 5.11. The van der Waals surface area contributed by atoms with E-state index >= 15 is 0 Å². The zero-order chi connectivity index (χ0) is 8.81. The molecule has 0 unspecified atom stereocenters. The second-order valence-corrected chi connectivity index (χ2v) is 2.81. The quantitative estimate of drug-likeness (QED) is 0.413. The van der Waals surface area contributed by atoms with Crippen molar-refractivity contribution in [2.45, 2.75) is 0 Å². The number of hydrogen-bond acceptors (Lipinski definition) is 4. The lowest BCUT2D eigenvalue weighted by Gasteiger charge is -1.85. The summed E-state index contributed by atoms with van der Waals surface area (Å²) < 4.78 is 0. The maximum Gasteiger partial charge on any atom is 0.342 e. The van der Waals surface area contributed by atoms with Crippen LogP contribution < -0.4 is 5.43 Å². The van der Waals surface area contributed by atoms with Crippen molar-refractivity contribution in [1.82, 2.24) is 5.43 Å². The summed E-state index contributed by atoms with van der Waals surface area (Å²) in [6.07, 6.45) is 1.49. The number of amides is 1. The predicted octanol–water partition coefficient (Wildman–Crippen LogP) is 0.722. The average Bonchev–Trinajstić information content (AvgIpc) is 2.57. The second-order valence-electron chi connectivity index (χ2n) is 1.83. The van der Waals surface area contributed by atoms with E-state index in [1.807, 2.05) is 22.9 Å². The third-order valence-corrected chi connectivity index (χ3v) is 1.81. The Kier molecular flexibility index (Phi) is 2.99. The Balaban J connectivity index is 2.43. The van der Waals surface area contributed by atoms with Crippen molar-refractivity contribution < 1.29 is 4.79 Å². The Morgan fingerprint density at radius 2 is 2.67 bits per heavy atom. The van der Waals surface area contributed by atoms with Crippen molar-refractivity contribution in [2.24, 2.45) is 5.10 Å². The summed E-state index contributed by atoms with van der Waals surface area (Å²) in [5.41, 5.74) is 2.05. The molecule has 0 fully saturated rings. The van der Waals surface area contributed by atoms with Crippen molar-refractivity contribution in [3.63, 3.8) is 0 Å². The minimum atomic E-state index is -0.761. The van der Waals surface area contributed by atoms with Crippen molar-refractivity contribution >= 4 is 23.5 Å². The van der Waals surface area contributed by atoms with E-state index in [0.717, 1.165) is 4.88 Å². The van der Waals surface area contributed by atoms with Crippen LogP contribution in [-0.2, 0) is 4.79 Å². The van der Waals surface area contributed by atoms with E-state index in [9.17, 15) is 4.79 Å². The van der Waals surface area contributed by atoms with Crippen LogP contribution in [0.5, 0.6) is 0 Å². The first-order valence-electron chi connectivity index (χ1n) is 3.09. The van der Waals surface area contributed by atoms with Gasteiger partial charge in [-0.2, -0.15) is 10.4 Å². The standard InChI is InChI=1S/C7H5N3OS/c8-4-7(11)10-9-5-6-2-1-3-12-6/h1-3,5H,(H,10,11)/b9-5-. The van der Waals surface area contributed by atoms with E-state index < -0.39 is 5.91 Å². The van der Waals surface area contributed by atoms with E-state index in [-0.39, 0.29) is 0 Å². The number of nitrogens with zero attached hydrogens (tertiary/aromatic N) is 2. The highest BCUT2D eigenvalue weighted by Gasteiger charge is 1.91. The van der Waals surface area contributed by atoms with Crippen LogP contribution in [0.3, 0.4) is 0 Å². The highest BCUT2D eigenvalue weighted by atomic mass is 32.1. The molecule has 12 heavy (non-hydrogen) atoms. The molecule has 1 rings (SSSR count). The zero-order valence-electron chi connectivity index (χ0n) is 6.02. The summed E-state index contributed by atoms with van der Waals surface area (Å²) in [4.78, 5) is 11.3. The normalized spacial score (nSPS) is 9.58. The SMILES string of the molecule is N#CC(=O)N/N=C\c1cccs1. The number of nitriles is 1. The highest BCUT2D eigenvalue weighted by molar-refractivity contribution is 7.11. The van der Waals surface area contributed by atoms with Gasteiger partial charge in [0.2, 0.25) is 0 Å². The van der Waals surface area contributed by atoms with Crippen LogP contribution >= 0.6 is 11.3 Å². The highest BCUT2D eigenvalue weighted by Crippen LogP contribution is 2.03. The lowest BCUT2D eigenvalue weighted by atomic mass is 10.5. The number of hydrazone groups is 1. The number of nitrogens with one attached hydrogen (secondary N) is 1. The van der Waals surface area contributed by atoms with E-state index in [1.165, 1.54) is 23.6 Å². The molecular formula is C7H5N3OS. The van der Waals surface area contributed by atoms with Crippen molar-refractivity contribution in [1.29, 1.82) is 5.26 Å². The van der Waals surface area contributed by atoms with Gasteiger partial charge in [-0.05, 0) is 11.4 Å². The molecule has 0 atom stereocenters. The first-order valence-corrected chi connectivity index (χ1v) is 3.97. The maximum absolute atomic E-state index is 10.4. The van der Waals surface area contributed by atoms with Gasteiger partial charge in [0, 0.05) is 4.88 Å². The number of carbonyl (C=O) groups is 1. The van der Waals surface area contributed by atoms with Gasteiger partial charge in [0.15, 0.2) is 6.07 Å². The van der Waals surface area contributed by atoms with Crippen LogP contribution in [0.15, 0.2) is 22.6 Å². The minimum absolute atomic E-state index is 0.761. The minimum Gasteiger partial charge on any atom is -0.255 e. The first kappa shape index (κ1) is 8.43. The van der Waals surface area contributed by atoms with E-state index in [4.69, 9.17) is 5.26 Å². The van der Waals surface area contributed by atoms with Gasteiger partial charge in [-0.1, -0.05) is 6.07 Å². The average molecular weight is 179 g/mol. The van der Waals surface area contributed by atoms with Gasteiger partial charge >= 0.3 is 5.91 Å². The predicted molar refractivity (Wildman–Crippen MR) is 45.7 cm³/mol. The van der Waals surface area contributed by atoms with Crippen LogP contribution in [-0.4, -0.2) is 12.1 Å². The molecule has 5 heteroatoms. The lowest BCUT2D eigenvalue weighted by Crippen LogP contribution is -2.14. The molecule has 1 amide bonds. The summed E-state index contributed by atoms with van der Waals surface area (Å²) in [5, 5.41) is 13.5. The molecule has 0 bridgehead atoms. The van der Waals surface area contributed by atoms with Crippen molar-refractivity contribution in [3.8, 4) is 6.07 Å².